The van der Waals surface area contributed by atoms with Crippen LogP contribution in [0.1, 0.15) is 15.9 Å². The third-order valence-electron chi connectivity index (χ3n) is 4.05. The van der Waals surface area contributed by atoms with Crippen molar-refractivity contribution in [3.8, 4) is 0 Å². The summed E-state index contributed by atoms with van der Waals surface area (Å²) >= 11 is 24.1. The summed E-state index contributed by atoms with van der Waals surface area (Å²) in [5.74, 6) is -0.600. The Morgan fingerprint density at radius 2 is 1.43 bits per heavy atom. The van der Waals surface area contributed by atoms with E-state index < -0.39 is 15.9 Å². The number of anilines is 2. The molecular weight excluding hydrogens is 490 g/mol. The first-order chi connectivity index (χ1) is 14.1. The summed E-state index contributed by atoms with van der Waals surface area (Å²) in [5.41, 5.74) is 1.38. The second-order valence-electron chi connectivity index (χ2n) is 6.31. The van der Waals surface area contributed by atoms with Crippen molar-refractivity contribution in [1.82, 2.24) is 0 Å². The van der Waals surface area contributed by atoms with Crippen LogP contribution in [-0.2, 0) is 10.0 Å². The van der Waals surface area contributed by atoms with Crippen molar-refractivity contribution >= 4 is 73.7 Å². The minimum absolute atomic E-state index is 0.0444. The number of halogens is 4. The molecule has 0 atom stereocenters. The fraction of sp³-hybridized carbons (Fsp3) is 0.0500. The highest BCUT2D eigenvalue weighted by atomic mass is 35.5. The fourth-order valence-corrected chi connectivity index (χ4v) is 4.35. The number of carbonyl (C=O) groups is 1. The lowest BCUT2D eigenvalue weighted by molar-refractivity contribution is 0.102. The second kappa shape index (κ2) is 9.04. The molecule has 3 aromatic rings. The molecule has 0 aliphatic heterocycles. The van der Waals surface area contributed by atoms with Crippen molar-refractivity contribution in [2.45, 2.75) is 11.8 Å². The SMILES string of the molecule is Cc1ccc(S(=O)(=O)Nc2ccc(Cl)c(C(=O)Nc3cc(Cl)c(Cl)cc3Cl)c2)cc1. The van der Waals surface area contributed by atoms with E-state index in [2.05, 4.69) is 10.0 Å². The molecule has 0 aliphatic rings. The van der Waals surface area contributed by atoms with Crippen LogP contribution >= 0.6 is 46.4 Å². The quantitative estimate of drug-likeness (QED) is 0.382. The first-order valence-electron chi connectivity index (χ1n) is 8.42. The molecule has 30 heavy (non-hydrogen) atoms. The Balaban J connectivity index is 1.87. The number of sulfonamides is 1. The summed E-state index contributed by atoms with van der Waals surface area (Å²) in [7, 11) is -3.84. The van der Waals surface area contributed by atoms with E-state index in [4.69, 9.17) is 46.4 Å². The fourth-order valence-electron chi connectivity index (χ4n) is 2.50. The predicted molar refractivity (Wildman–Crippen MR) is 123 cm³/mol. The zero-order chi connectivity index (χ0) is 22.1. The number of aryl methyl sites for hydroxylation is 1. The number of rotatable bonds is 5. The lowest BCUT2D eigenvalue weighted by atomic mass is 10.2. The normalized spacial score (nSPS) is 11.2. The van der Waals surface area contributed by atoms with E-state index in [9.17, 15) is 13.2 Å². The minimum Gasteiger partial charge on any atom is -0.321 e. The number of nitrogens with one attached hydrogen (secondary N) is 2. The van der Waals surface area contributed by atoms with Crippen LogP contribution in [0.25, 0.3) is 0 Å². The predicted octanol–water partition coefficient (Wildman–Crippen LogP) is 6.66. The van der Waals surface area contributed by atoms with Gasteiger partial charge in [-0.3, -0.25) is 9.52 Å². The smallest absolute Gasteiger partial charge is 0.261 e. The monoisotopic (exact) mass is 502 g/mol. The third kappa shape index (κ3) is 5.20. The number of benzene rings is 3. The van der Waals surface area contributed by atoms with Gasteiger partial charge in [0.15, 0.2) is 0 Å². The van der Waals surface area contributed by atoms with Crippen molar-refractivity contribution in [3.63, 3.8) is 0 Å². The molecule has 5 nitrogen and oxygen atoms in total. The van der Waals surface area contributed by atoms with Gasteiger partial charge in [0.05, 0.1) is 36.2 Å². The van der Waals surface area contributed by atoms with Crippen molar-refractivity contribution < 1.29 is 13.2 Å². The summed E-state index contributed by atoms with van der Waals surface area (Å²) in [6.07, 6.45) is 0. The van der Waals surface area contributed by atoms with Crippen LogP contribution in [0.3, 0.4) is 0 Å². The summed E-state index contributed by atoms with van der Waals surface area (Å²) in [6.45, 7) is 1.86. The molecule has 0 unspecified atom stereocenters. The summed E-state index contributed by atoms with van der Waals surface area (Å²) in [6, 6.07) is 13.4. The maximum absolute atomic E-state index is 12.7. The Morgan fingerprint density at radius 1 is 0.800 bits per heavy atom. The number of amides is 1. The van der Waals surface area contributed by atoms with E-state index >= 15 is 0 Å². The topological polar surface area (TPSA) is 75.3 Å². The largest absolute Gasteiger partial charge is 0.321 e. The maximum Gasteiger partial charge on any atom is 0.261 e. The van der Waals surface area contributed by atoms with Gasteiger partial charge in [-0.2, -0.15) is 0 Å². The molecule has 0 aromatic heterocycles. The Kier molecular flexibility index (Phi) is 6.84. The van der Waals surface area contributed by atoms with Gasteiger partial charge in [0.25, 0.3) is 15.9 Å². The molecule has 0 fully saturated rings. The first kappa shape index (κ1) is 22.7. The molecule has 10 heteroatoms. The average molecular weight is 504 g/mol. The van der Waals surface area contributed by atoms with Crippen molar-refractivity contribution in [2.24, 2.45) is 0 Å². The average Bonchev–Trinajstić information content (AvgIpc) is 2.67. The van der Waals surface area contributed by atoms with Crippen LogP contribution in [0.4, 0.5) is 11.4 Å². The maximum atomic E-state index is 12.7. The van der Waals surface area contributed by atoms with E-state index in [-0.39, 0.29) is 41.9 Å². The van der Waals surface area contributed by atoms with Gasteiger partial charge >= 0.3 is 0 Å². The van der Waals surface area contributed by atoms with Gasteiger partial charge in [-0.15, -0.1) is 0 Å². The van der Waals surface area contributed by atoms with Crippen LogP contribution in [0.5, 0.6) is 0 Å². The van der Waals surface area contributed by atoms with E-state index in [0.29, 0.717) is 0 Å². The number of hydrogen-bond donors (Lipinski definition) is 2. The Bertz CT molecular complexity index is 1230. The molecule has 156 valence electrons. The molecule has 3 aromatic carbocycles. The van der Waals surface area contributed by atoms with Crippen LogP contribution in [0.2, 0.25) is 20.1 Å². The highest BCUT2D eigenvalue weighted by Crippen LogP contribution is 2.33. The molecule has 2 N–H and O–H groups in total. The van der Waals surface area contributed by atoms with E-state index in [1.165, 1.54) is 42.5 Å². The first-order valence-corrected chi connectivity index (χ1v) is 11.4. The van der Waals surface area contributed by atoms with Gasteiger partial charge in [0.2, 0.25) is 0 Å². The molecule has 0 bridgehead atoms. The molecule has 0 aliphatic carbocycles. The molecule has 0 saturated carbocycles. The van der Waals surface area contributed by atoms with E-state index in [1.807, 2.05) is 6.92 Å². The standard InChI is InChI=1S/C20H14Cl4N2O3S/c1-11-2-5-13(6-3-11)30(28,29)26-12-4-7-15(21)14(8-12)20(27)25-19-10-17(23)16(22)9-18(19)24/h2-10,26H,1H3,(H,25,27). The van der Waals surface area contributed by atoms with Gasteiger partial charge in [-0.05, 0) is 49.4 Å². The zero-order valence-corrected chi connectivity index (χ0v) is 19.2. The number of hydrogen-bond acceptors (Lipinski definition) is 3. The molecule has 0 heterocycles. The minimum atomic E-state index is -3.84. The molecule has 0 saturated heterocycles. The highest BCUT2D eigenvalue weighted by Gasteiger charge is 2.18. The van der Waals surface area contributed by atoms with Gasteiger partial charge < -0.3 is 5.32 Å². The van der Waals surface area contributed by atoms with Crippen molar-refractivity contribution in [2.75, 3.05) is 10.0 Å². The lowest BCUT2D eigenvalue weighted by Crippen LogP contribution is -2.16. The summed E-state index contributed by atoms with van der Waals surface area (Å²) in [4.78, 5) is 12.8. The molecule has 0 spiro atoms. The van der Waals surface area contributed by atoms with Gasteiger partial charge in [-0.1, -0.05) is 64.1 Å². The zero-order valence-electron chi connectivity index (χ0n) is 15.3. The summed E-state index contributed by atoms with van der Waals surface area (Å²) in [5, 5.41) is 3.35. The number of carbonyl (C=O) groups excluding carboxylic acids is 1. The second-order valence-corrected chi connectivity index (χ2v) is 9.62. The third-order valence-corrected chi connectivity index (χ3v) is 6.81. The van der Waals surface area contributed by atoms with Crippen LogP contribution in [0, 0.1) is 6.92 Å². The van der Waals surface area contributed by atoms with Crippen molar-refractivity contribution in [1.29, 1.82) is 0 Å². The van der Waals surface area contributed by atoms with Crippen LogP contribution in [-0.4, -0.2) is 14.3 Å². The van der Waals surface area contributed by atoms with Gasteiger partial charge in [-0.25, -0.2) is 8.42 Å². The molecular formula is C20H14Cl4N2O3S. The highest BCUT2D eigenvalue weighted by molar-refractivity contribution is 7.92. The van der Waals surface area contributed by atoms with Gasteiger partial charge in [0.1, 0.15) is 0 Å². The summed E-state index contributed by atoms with van der Waals surface area (Å²) < 4.78 is 27.6. The van der Waals surface area contributed by atoms with Crippen LogP contribution in [0.15, 0.2) is 59.5 Å². The Hall–Kier alpha value is -1.96. The molecule has 1 amide bonds. The van der Waals surface area contributed by atoms with Crippen LogP contribution < -0.4 is 10.0 Å². The Morgan fingerprint density at radius 3 is 2.10 bits per heavy atom. The lowest BCUT2D eigenvalue weighted by Gasteiger charge is -2.12. The molecule has 0 radical (unpaired) electrons. The van der Waals surface area contributed by atoms with E-state index in [1.54, 1.807) is 12.1 Å². The van der Waals surface area contributed by atoms with Crippen molar-refractivity contribution in [3.05, 3.63) is 85.8 Å². The van der Waals surface area contributed by atoms with Gasteiger partial charge in [0, 0.05) is 5.69 Å². The molecule has 3 rings (SSSR count). The van der Waals surface area contributed by atoms with E-state index in [0.717, 1.165) is 5.56 Å². The Labute approximate surface area is 194 Å².